The van der Waals surface area contributed by atoms with E-state index in [0.29, 0.717) is 12.4 Å². The number of carbonyl (C=O) groups excluding carboxylic acids is 2. The van der Waals surface area contributed by atoms with Crippen LogP contribution in [-0.2, 0) is 16.6 Å². The van der Waals surface area contributed by atoms with E-state index in [1.54, 1.807) is 16.6 Å². The molecule has 0 radical (unpaired) electrons. The molecule has 1 atom stereocenters. The highest BCUT2D eigenvalue weighted by atomic mass is 16.2. The standard InChI is InChI=1S/C18H22N4O2/c1-11-6-5-7-15(13(11)3)22-10-14(9-17(22)23)18(24)19-16-8-12(2)20-21(16)4/h5-8,14H,9-10H2,1-4H3,(H,19,24). The van der Waals surface area contributed by atoms with E-state index < -0.39 is 0 Å². The van der Waals surface area contributed by atoms with E-state index in [0.717, 1.165) is 22.5 Å². The van der Waals surface area contributed by atoms with Crippen LogP contribution in [0.4, 0.5) is 11.5 Å². The molecule has 0 aliphatic carbocycles. The minimum atomic E-state index is -0.354. The number of aryl methyl sites for hydroxylation is 3. The van der Waals surface area contributed by atoms with Gasteiger partial charge in [-0.1, -0.05) is 12.1 Å². The van der Waals surface area contributed by atoms with Crippen molar-refractivity contribution < 1.29 is 9.59 Å². The average Bonchev–Trinajstić information content (AvgIpc) is 3.05. The van der Waals surface area contributed by atoms with Gasteiger partial charge in [0.1, 0.15) is 5.82 Å². The summed E-state index contributed by atoms with van der Waals surface area (Å²) < 4.78 is 1.63. The van der Waals surface area contributed by atoms with Crippen molar-refractivity contribution in [3.8, 4) is 0 Å². The lowest BCUT2D eigenvalue weighted by atomic mass is 10.1. The molecule has 1 aliphatic heterocycles. The number of hydrogen-bond donors (Lipinski definition) is 1. The summed E-state index contributed by atoms with van der Waals surface area (Å²) >= 11 is 0. The van der Waals surface area contributed by atoms with Crippen molar-refractivity contribution in [2.75, 3.05) is 16.8 Å². The Hall–Kier alpha value is -2.63. The molecule has 2 amide bonds. The third kappa shape index (κ3) is 2.91. The number of benzene rings is 1. The summed E-state index contributed by atoms with van der Waals surface area (Å²) in [7, 11) is 1.78. The van der Waals surface area contributed by atoms with Crippen molar-refractivity contribution in [1.82, 2.24) is 9.78 Å². The van der Waals surface area contributed by atoms with Gasteiger partial charge in [-0.25, -0.2) is 0 Å². The Balaban J connectivity index is 1.76. The fourth-order valence-corrected chi connectivity index (χ4v) is 3.10. The second kappa shape index (κ2) is 6.11. The van der Waals surface area contributed by atoms with Crippen LogP contribution in [0.1, 0.15) is 23.2 Å². The van der Waals surface area contributed by atoms with Crippen molar-refractivity contribution in [1.29, 1.82) is 0 Å². The largest absolute Gasteiger partial charge is 0.311 e. The molecule has 0 bridgehead atoms. The molecule has 6 nitrogen and oxygen atoms in total. The molecule has 2 aromatic rings. The normalized spacial score (nSPS) is 17.4. The van der Waals surface area contributed by atoms with Crippen LogP contribution in [0.15, 0.2) is 24.3 Å². The van der Waals surface area contributed by atoms with Gasteiger partial charge in [0.05, 0.1) is 11.6 Å². The zero-order chi connectivity index (χ0) is 17.4. The topological polar surface area (TPSA) is 67.2 Å². The van der Waals surface area contributed by atoms with E-state index in [4.69, 9.17) is 0 Å². The summed E-state index contributed by atoms with van der Waals surface area (Å²) in [6.45, 7) is 6.31. The number of rotatable bonds is 3. The van der Waals surface area contributed by atoms with Gasteiger partial charge in [0, 0.05) is 31.8 Å². The van der Waals surface area contributed by atoms with E-state index in [9.17, 15) is 9.59 Å². The van der Waals surface area contributed by atoms with Gasteiger partial charge in [0.2, 0.25) is 11.8 Å². The summed E-state index contributed by atoms with van der Waals surface area (Å²) in [5.74, 6) is 0.145. The van der Waals surface area contributed by atoms with Gasteiger partial charge in [-0.05, 0) is 38.0 Å². The van der Waals surface area contributed by atoms with Crippen LogP contribution in [0, 0.1) is 26.7 Å². The monoisotopic (exact) mass is 326 g/mol. The number of carbonyl (C=O) groups is 2. The highest BCUT2D eigenvalue weighted by Crippen LogP contribution is 2.29. The molecule has 1 aliphatic rings. The van der Waals surface area contributed by atoms with Gasteiger partial charge in [-0.3, -0.25) is 14.3 Å². The van der Waals surface area contributed by atoms with E-state index in [2.05, 4.69) is 10.4 Å². The lowest BCUT2D eigenvalue weighted by molar-refractivity contribution is -0.122. The summed E-state index contributed by atoms with van der Waals surface area (Å²) in [4.78, 5) is 26.6. The highest BCUT2D eigenvalue weighted by molar-refractivity contribution is 6.03. The van der Waals surface area contributed by atoms with Gasteiger partial charge in [-0.2, -0.15) is 5.10 Å². The third-order valence-corrected chi connectivity index (χ3v) is 4.62. The second-order valence-corrected chi connectivity index (χ2v) is 6.41. The van der Waals surface area contributed by atoms with Gasteiger partial charge in [-0.15, -0.1) is 0 Å². The van der Waals surface area contributed by atoms with Crippen molar-refractivity contribution in [3.63, 3.8) is 0 Å². The molecular formula is C18H22N4O2. The molecule has 0 saturated carbocycles. The smallest absolute Gasteiger partial charge is 0.230 e. The first kappa shape index (κ1) is 16.2. The maximum absolute atomic E-state index is 12.5. The van der Waals surface area contributed by atoms with Crippen LogP contribution >= 0.6 is 0 Å². The molecule has 6 heteroatoms. The van der Waals surface area contributed by atoms with Crippen molar-refractivity contribution >= 4 is 23.3 Å². The van der Waals surface area contributed by atoms with Crippen LogP contribution in [-0.4, -0.2) is 28.1 Å². The molecule has 3 rings (SSSR count). The Bertz CT molecular complexity index is 809. The van der Waals surface area contributed by atoms with Crippen LogP contribution in [0.2, 0.25) is 0 Å². The van der Waals surface area contributed by atoms with Gasteiger partial charge >= 0.3 is 0 Å². The van der Waals surface area contributed by atoms with Gasteiger partial charge in [0.15, 0.2) is 0 Å². The molecule has 24 heavy (non-hydrogen) atoms. The van der Waals surface area contributed by atoms with Crippen molar-refractivity contribution in [2.45, 2.75) is 27.2 Å². The Morgan fingerprint density at radius 2 is 2.04 bits per heavy atom. The molecular weight excluding hydrogens is 304 g/mol. The van der Waals surface area contributed by atoms with E-state index >= 15 is 0 Å². The number of anilines is 2. The molecule has 1 N–H and O–H groups in total. The first-order chi connectivity index (χ1) is 11.4. The summed E-state index contributed by atoms with van der Waals surface area (Å²) in [5.41, 5.74) is 3.95. The van der Waals surface area contributed by atoms with Gasteiger partial charge in [0.25, 0.3) is 0 Å². The fourth-order valence-electron chi connectivity index (χ4n) is 3.10. The summed E-state index contributed by atoms with van der Waals surface area (Å²) in [5, 5.41) is 7.09. The van der Waals surface area contributed by atoms with E-state index in [1.165, 1.54) is 0 Å². The second-order valence-electron chi connectivity index (χ2n) is 6.41. The molecule has 1 fully saturated rings. The van der Waals surface area contributed by atoms with Crippen LogP contribution in [0.3, 0.4) is 0 Å². The molecule has 0 spiro atoms. The SMILES string of the molecule is Cc1cc(NC(=O)C2CC(=O)N(c3cccc(C)c3C)C2)n(C)n1. The molecule has 1 aromatic heterocycles. The number of nitrogens with one attached hydrogen (secondary N) is 1. The first-order valence-corrected chi connectivity index (χ1v) is 8.05. The van der Waals surface area contributed by atoms with Crippen LogP contribution < -0.4 is 10.2 Å². The average molecular weight is 326 g/mol. The minimum Gasteiger partial charge on any atom is -0.311 e. The Kier molecular flexibility index (Phi) is 4.13. The minimum absolute atomic E-state index is 0.00923. The lowest BCUT2D eigenvalue weighted by Gasteiger charge is -2.20. The zero-order valence-corrected chi connectivity index (χ0v) is 14.5. The third-order valence-electron chi connectivity index (χ3n) is 4.62. The summed E-state index contributed by atoms with van der Waals surface area (Å²) in [6.07, 6.45) is 0.232. The highest BCUT2D eigenvalue weighted by Gasteiger charge is 2.36. The van der Waals surface area contributed by atoms with Crippen molar-refractivity contribution in [3.05, 3.63) is 41.1 Å². The number of hydrogen-bond acceptors (Lipinski definition) is 3. The molecule has 2 heterocycles. The Morgan fingerprint density at radius 1 is 1.29 bits per heavy atom. The number of nitrogens with zero attached hydrogens (tertiary/aromatic N) is 3. The summed E-state index contributed by atoms with van der Waals surface area (Å²) in [6, 6.07) is 7.72. The molecule has 126 valence electrons. The number of amides is 2. The first-order valence-electron chi connectivity index (χ1n) is 8.05. The van der Waals surface area contributed by atoms with Crippen LogP contribution in [0.25, 0.3) is 0 Å². The predicted octanol–water partition coefficient (Wildman–Crippen LogP) is 2.34. The van der Waals surface area contributed by atoms with E-state index in [-0.39, 0.29) is 24.2 Å². The zero-order valence-electron chi connectivity index (χ0n) is 14.5. The maximum Gasteiger partial charge on any atom is 0.230 e. The van der Waals surface area contributed by atoms with Crippen molar-refractivity contribution in [2.24, 2.45) is 13.0 Å². The van der Waals surface area contributed by atoms with Crippen LogP contribution in [0.5, 0.6) is 0 Å². The molecule has 1 unspecified atom stereocenters. The lowest BCUT2D eigenvalue weighted by Crippen LogP contribution is -2.29. The fraction of sp³-hybridized carbons (Fsp3) is 0.389. The van der Waals surface area contributed by atoms with Gasteiger partial charge < -0.3 is 10.2 Å². The van der Waals surface area contributed by atoms with E-state index in [1.807, 2.05) is 45.0 Å². The Morgan fingerprint density at radius 3 is 2.71 bits per heavy atom. The molecule has 1 saturated heterocycles. The quantitative estimate of drug-likeness (QED) is 0.941. The Labute approximate surface area is 141 Å². The predicted molar refractivity (Wildman–Crippen MR) is 93.0 cm³/mol. The molecule has 1 aromatic carbocycles. The number of aromatic nitrogens is 2. The maximum atomic E-state index is 12.5.